The van der Waals surface area contributed by atoms with Gasteiger partial charge in [-0.05, 0) is 0 Å². The first-order valence-electron chi connectivity index (χ1n) is 7.62. The van der Waals surface area contributed by atoms with Gasteiger partial charge in [0.2, 0.25) is 0 Å². The van der Waals surface area contributed by atoms with Gasteiger partial charge in [0.15, 0.2) is 0 Å². The third-order valence-electron chi connectivity index (χ3n) is 4.06. The van der Waals surface area contributed by atoms with Crippen LogP contribution in [0.4, 0.5) is 0 Å². The van der Waals surface area contributed by atoms with Gasteiger partial charge in [0, 0.05) is 0 Å². The molecule has 0 aliphatic carbocycles. The number of carbonyl (C=O) groups excluding carboxylic acids is 1. The second kappa shape index (κ2) is 7.18. The average molecular weight is 385 g/mol. The van der Waals surface area contributed by atoms with E-state index in [2.05, 4.69) is 0 Å². The molecule has 0 aliphatic rings. The summed E-state index contributed by atoms with van der Waals surface area (Å²) in [6, 6.07) is 23.6. The minimum absolute atomic E-state index is 0.370. The van der Waals surface area contributed by atoms with Crippen molar-refractivity contribution in [1.29, 1.82) is 0 Å². The summed E-state index contributed by atoms with van der Waals surface area (Å²) < 4.78 is 12.2. The second-order valence-electron chi connectivity index (χ2n) is 5.53. The number of benzene rings is 3. The van der Waals surface area contributed by atoms with Crippen molar-refractivity contribution in [3.8, 4) is 0 Å². The zero-order chi connectivity index (χ0) is 17.0. The van der Waals surface area contributed by atoms with E-state index in [9.17, 15) is 4.79 Å². The SMILES string of the molecule is COC(C)(C(=O)O[Se]c1ccccc1)c1cccc2ccccc12. The predicted octanol–water partition coefficient (Wildman–Crippen LogP) is 3.19. The Hall–Kier alpha value is -2.13. The molecule has 0 radical (unpaired) electrons. The van der Waals surface area contributed by atoms with Gasteiger partial charge in [0.05, 0.1) is 0 Å². The zero-order valence-electron chi connectivity index (χ0n) is 13.6. The van der Waals surface area contributed by atoms with Crippen molar-refractivity contribution in [2.75, 3.05) is 7.11 Å². The first-order valence-corrected chi connectivity index (χ1v) is 9.18. The second-order valence-corrected chi connectivity index (χ2v) is 7.22. The normalized spacial score (nSPS) is 13.4. The summed E-state index contributed by atoms with van der Waals surface area (Å²) in [5.74, 6) is -0.370. The molecule has 0 heterocycles. The number of carbonyl (C=O) groups is 1. The number of rotatable bonds is 5. The topological polar surface area (TPSA) is 35.5 Å². The number of hydrogen-bond acceptors (Lipinski definition) is 3. The Balaban J connectivity index is 1.91. The molecule has 3 aromatic carbocycles. The van der Waals surface area contributed by atoms with Crippen LogP contribution >= 0.6 is 0 Å². The fraction of sp³-hybridized carbons (Fsp3) is 0.150. The molecule has 0 bridgehead atoms. The van der Waals surface area contributed by atoms with Gasteiger partial charge in [-0.3, -0.25) is 0 Å². The first-order chi connectivity index (χ1) is 11.6. The molecule has 3 rings (SSSR count). The molecule has 24 heavy (non-hydrogen) atoms. The van der Waals surface area contributed by atoms with Crippen molar-refractivity contribution >= 4 is 36.5 Å². The Morgan fingerprint density at radius 2 is 1.58 bits per heavy atom. The summed E-state index contributed by atoms with van der Waals surface area (Å²) in [7, 11) is 1.54. The van der Waals surface area contributed by atoms with E-state index in [-0.39, 0.29) is 21.3 Å². The molecule has 1 atom stereocenters. The summed E-state index contributed by atoms with van der Waals surface area (Å²) in [6.45, 7) is 1.76. The summed E-state index contributed by atoms with van der Waals surface area (Å²) in [5, 5.41) is 2.06. The van der Waals surface area contributed by atoms with Crippen LogP contribution in [0.1, 0.15) is 12.5 Å². The van der Waals surface area contributed by atoms with Crippen LogP contribution in [-0.4, -0.2) is 28.4 Å². The molecule has 3 aromatic rings. The van der Waals surface area contributed by atoms with E-state index < -0.39 is 5.60 Å². The third-order valence-corrected chi connectivity index (χ3v) is 5.53. The third kappa shape index (κ3) is 3.22. The number of fused-ring (bicyclic) bond motifs is 1. The molecular weight excluding hydrogens is 367 g/mol. The molecule has 3 nitrogen and oxygen atoms in total. The Kier molecular flexibility index (Phi) is 5.00. The van der Waals surface area contributed by atoms with E-state index in [0.717, 1.165) is 20.8 Å². The Bertz CT molecular complexity index is 842. The maximum atomic E-state index is 12.8. The number of methoxy groups -OCH3 is 1. The van der Waals surface area contributed by atoms with Crippen LogP contribution in [0.5, 0.6) is 0 Å². The Morgan fingerprint density at radius 3 is 2.33 bits per heavy atom. The van der Waals surface area contributed by atoms with Gasteiger partial charge in [0.1, 0.15) is 0 Å². The summed E-state index contributed by atoms with van der Waals surface area (Å²) >= 11 is -0.386. The molecule has 0 aliphatic heterocycles. The van der Waals surface area contributed by atoms with Gasteiger partial charge >= 0.3 is 148 Å². The molecule has 0 N–H and O–H groups in total. The average Bonchev–Trinajstić information content (AvgIpc) is 2.65. The van der Waals surface area contributed by atoms with Gasteiger partial charge in [-0.25, -0.2) is 0 Å². The van der Waals surface area contributed by atoms with E-state index >= 15 is 0 Å². The molecule has 4 heteroatoms. The van der Waals surface area contributed by atoms with E-state index in [0.29, 0.717) is 0 Å². The zero-order valence-corrected chi connectivity index (χ0v) is 15.3. The molecule has 122 valence electrons. The van der Waals surface area contributed by atoms with Crippen molar-refractivity contribution in [3.05, 3.63) is 78.4 Å². The summed E-state index contributed by atoms with van der Waals surface area (Å²) in [5.41, 5.74) is -0.325. The van der Waals surface area contributed by atoms with Crippen molar-refractivity contribution in [2.45, 2.75) is 12.5 Å². The van der Waals surface area contributed by atoms with Crippen LogP contribution in [0.2, 0.25) is 0 Å². The van der Waals surface area contributed by atoms with Gasteiger partial charge < -0.3 is 0 Å². The molecule has 0 aromatic heterocycles. The van der Waals surface area contributed by atoms with Crippen LogP contribution in [0.25, 0.3) is 10.8 Å². The molecule has 0 amide bonds. The standard InChI is InChI=1S/C20H18O3Se/c1-20(22-2,19(21)23-24-16-11-4-3-5-12-16)18-14-8-10-15-9-6-7-13-17(15)18/h3-14H,1-2H3. The van der Waals surface area contributed by atoms with Crippen molar-refractivity contribution in [2.24, 2.45) is 0 Å². The van der Waals surface area contributed by atoms with E-state index in [4.69, 9.17) is 8.56 Å². The fourth-order valence-corrected chi connectivity index (χ4v) is 3.84. The molecule has 1 unspecified atom stereocenters. The Labute approximate surface area is 148 Å². The molecule has 0 saturated carbocycles. The van der Waals surface area contributed by atoms with Crippen molar-refractivity contribution in [1.82, 2.24) is 0 Å². The van der Waals surface area contributed by atoms with Crippen LogP contribution in [0.3, 0.4) is 0 Å². The van der Waals surface area contributed by atoms with Crippen LogP contribution in [0.15, 0.2) is 72.8 Å². The quantitative estimate of drug-likeness (QED) is 0.633. The molecule has 0 spiro atoms. The van der Waals surface area contributed by atoms with Gasteiger partial charge in [-0.2, -0.15) is 0 Å². The number of ether oxygens (including phenoxy) is 1. The predicted molar refractivity (Wildman–Crippen MR) is 96.2 cm³/mol. The van der Waals surface area contributed by atoms with Gasteiger partial charge in [-0.15, -0.1) is 0 Å². The summed E-state index contributed by atoms with van der Waals surface area (Å²) in [6.07, 6.45) is 0. The number of hydrogen-bond donors (Lipinski definition) is 0. The van der Waals surface area contributed by atoms with Crippen LogP contribution < -0.4 is 4.46 Å². The molecule has 0 fully saturated rings. The minimum atomic E-state index is -1.14. The van der Waals surface area contributed by atoms with Crippen LogP contribution in [0, 0.1) is 0 Å². The van der Waals surface area contributed by atoms with Gasteiger partial charge in [0.25, 0.3) is 0 Å². The monoisotopic (exact) mass is 386 g/mol. The van der Waals surface area contributed by atoms with E-state index in [1.807, 2.05) is 72.8 Å². The van der Waals surface area contributed by atoms with E-state index in [1.165, 1.54) is 0 Å². The van der Waals surface area contributed by atoms with Crippen molar-refractivity contribution in [3.63, 3.8) is 0 Å². The Morgan fingerprint density at radius 1 is 0.917 bits per heavy atom. The first kappa shape index (κ1) is 16.7. The molecular formula is C20H18O3Se. The maximum absolute atomic E-state index is 12.8. The van der Waals surface area contributed by atoms with Crippen LogP contribution in [-0.2, 0) is 19.0 Å². The van der Waals surface area contributed by atoms with Crippen molar-refractivity contribution < 1.29 is 13.4 Å². The fourth-order valence-electron chi connectivity index (χ4n) is 2.59. The van der Waals surface area contributed by atoms with Gasteiger partial charge in [-0.1, -0.05) is 0 Å². The molecule has 0 saturated heterocycles. The summed E-state index contributed by atoms with van der Waals surface area (Å²) in [4.78, 5) is 12.8. The van der Waals surface area contributed by atoms with E-state index in [1.54, 1.807) is 14.0 Å².